The molecule has 1 aromatic heterocycles. The van der Waals surface area contributed by atoms with E-state index < -0.39 is 5.97 Å². The number of fused-ring (bicyclic) bond motifs is 3. The molecule has 2 heterocycles. The third kappa shape index (κ3) is 3.43. The predicted molar refractivity (Wildman–Crippen MR) is 114 cm³/mol. The average molecular weight is 424 g/mol. The summed E-state index contributed by atoms with van der Waals surface area (Å²) in [5, 5.41) is 0.912. The van der Waals surface area contributed by atoms with E-state index in [9.17, 15) is 9.59 Å². The molecule has 3 aromatic rings. The van der Waals surface area contributed by atoms with Gasteiger partial charge in [0.25, 0.3) is 5.91 Å². The second-order valence-electron chi connectivity index (χ2n) is 7.19. The minimum absolute atomic E-state index is 0.165. The molecule has 1 aliphatic rings. The van der Waals surface area contributed by atoms with E-state index in [1.165, 1.54) is 28.4 Å². The van der Waals surface area contributed by atoms with Crippen molar-refractivity contribution >= 4 is 22.8 Å². The number of nitrogens with one attached hydrogen (secondary N) is 1. The second-order valence-corrected chi connectivity index (χ2v) is 7.19. The van der Waals surface area contributed by atoms with Crippen LogP contribution < -0.4 is 14.2 Å². The van der Waals surface area contributed by atoms with E-state index in [1.807, 2.05) is 12.1 Å². The van der Waals surface area contributed by atoms with E-state index in [1.54, 1.807) is 23.1 Å². The first-order valence-corrected chi connectivity index (χ1v) is 9.82. The van der Waals surface area contributed by atoms with Crippen LogP contribution in [0.5, 0.6) is 17.2 Å². The summed E-state index contributed by atoms with van der Waals surface area (Å²) in [5.74, 6) is 0.647. The van der Waals surface area contributed by atoms with E-state index in [0.29, 0.717) is 47.9 Å². The molecule has 2 aromatic carbocycles. The van der Waals surface area contributed by atoms with Gasteiger partial charge in [0.05, 0.1) is 39.6 Å². The van der Waals surface area contributed by atoms with Crippen molar-refractivity contribution in [2.24, 2.45) is 0 Å². The Kier molecular flexibility index (Phi) is 5.46. The van der Waals surface area contributed by atoms with Gasteiger partial charge in [0.1, 0.15) is 0 Å². The lowest BCUT2D eigenvalue weighted by atomic mass is 10.0. The van der Waals surface area contributed by atoms with Crippen molar-refractivity contribution in [1.82, 2.24) is 9.88 Å². The molecular formula is C23H24N2O6. The zero-order chi connectivity index (χ0) is 22.1. The van der Waals surface area contributed by atoms with Crippen molar-refractivity contribution in [2.45, 2.75) is 13.0 Å². The number of nitrogens with zero attached hydrogens (tertiary/aromatic N) is 1. The third-order valence-electron chi connectivity index (χ3n) is 5.62. The molecule has 0 aliphatic carbocycles. The molecule has 0 spiro atoms. The van der Waals surface area contributed by atoms with Crippen LogP contribution in [0.1, 0.15) is 32.0 Å². The average Bonchev–Trinajstić information content (AvgIpc) is 3.18. The first kappa shape index (κ1) is 20.6. The van der Waals surface area contributed by atoms with Gasteiger partial charge in [-0.15, -0.1) is 0 Å². The van der Waals surface area contributed by atoms with Gasteiger partial charge in [-0.2, -0.15) is 0 Å². The second kappa shape index (κ2) is 8.22. The van der Waals surface area contributed by atoms with Crippen molar-refractivity contribution in [2.75, 3.05) is 35.0 Å². The highest BCUT2D eigenvalue weighted by atomic mass is 16.5. The van der Waals surface area contributed by atoms with Crippen LogP contribution >= 0.6 is 0 Å². The topological polar surface area (TPSA) is 90.1 Å². The zero-order valence-corrected chi connectivity index (χ0v) is 17.9. The normalized spacial score (nSPS) is 13.0. The highest BCUT2D eigenvalue weighted by molar-refractivity contribution is 5.99. The standard InChI is InChI=1S/C23H24N2O6/c1-28-19-8-6-14(20(29-2)21(19)30-3)22(26)25-10-9-18-16(12-25)15-11-13(23(27)31-4)5-7-17(15)24-18/h5-8,11,24H,9-10,12H2,1-4H3. The maximum absolute atomic E-state index is 13.4. The molecule has 1 N–H and O–H groups in total. The van der Waals surface area contributed by atoms with Crippen molar-refractivity contribution < 1.29 is 28.5 Å². The van der Waals surface area contributed by atoms with Crippen LogP contribution in [-0.2, 0) is 17.7 Å². The smallest absolute Gasteiger partial charge is 0.337 e. The number of hydrogen-bond donors (Lipinski definition) is 1. The Hall–Kier alpha value is -3.68. The maximum Gasteiger partial charge on any atom is 0.337 e. The number of carbonyl (C=O) groups excluding carboxylic acids is 2. The molecule has 8 heteroatoms. The first-order chi connectivity index (χ1) is 15.0. The van der Waals surface area contributed by atoms with Crippen molar-refractivity contribution in [3.63, 3.8) is 0 Å². The predicted octanol–water partition coefficient (Wildman–Crippen LogP) is 3.18. The van der Waals surface area contributed by atoms with Crippen LogP contribution in [0.4, 0.5) is 0 Å². The fraction of sp³-hybridized carbons (Fsp3) is 0.304. The number of aromatic nitrogens is 1. The number of methoxy groups -OCH3 is 4. The lowest BCUT2D eigenvalue weighted by Gasteiger charge is -2.28. The zero-order valence-electron chi connectivity index (χ0n) is 17.9. The number of aromatic amines is 1. The number of rotatable bonds is 5. The molecule has 1 amide bonds. The molecule has 8 nitrogen and oxygen atoms in total. The van der Waals surface area contributed by atoms with Gasteiger partial charge in [0.2, 0.25) is 5.75 Å². The Morgan fingerprint density at radius 2 is 1.74 bits per heavy atom. The van der Waals surface area contributed by atoms with Gasteiger partial charge in [-0.1, -0.05) is 0 Å². The molecule has 0 saturated carbocycles. The van der Waals surface area contributed by atoms with E-state index in [-0.39, 0.29) is 5.91 Å². The fourth-order valence-electron chi connectivity index (χ4n) is 4.07. The highest BCUT2D eigenvalue weighted by Crippen LogP contribution is 2.40. The maximum atomic E-state index is 13.4. The number of H-pyrrole nitrogens is 1. The molecule has 4 rings (SSSR count). The summed E-state index contributed by atoms with van der Waals surface area (Å²) in [5.41, 5.74) is 3.87. The van der Waals surface area contributed by atoms with E-state index in [2.05, 4.69) is 4.98 Å². The Morgan fingerprint density at radius 3 is 2.42 bits per heavy atom. The van der Waals surface area contributed by atoms with Gasteiger partial charge >= 0.3 is 5.97 Å². The number of ether oxygens (including phenoxy) is 4. The van der Waals surface area contributed by atoms with Crippen LogP contribution in [0, 0.1) is 0 Å². The Labute approximate surface area is 179 Å². The van der Waals surface area contributed by atoms with Crippen molar-refractivity contribution in [3.8, 4) is 17.2 Å². The van der Waals surface area contributed by atoms with Gasteiger partial charge in [-0.05, 0) is 30.3 Å². The van der Waals surface area contributed by atoms with Gasteiger partial charge in [0.15, 0.2) is 11.5 Å². The summed E-state index contributed by atoms with van der Waals surface area (Å²) in [4.78, 5) is 30.5. The van der Waals surface area contributed by atoms with Gasteiger partial charge < -0.3 is 28.8 Å². The van der Waals surface area contributed by atoms with Crippen LogP contribution in [0.2, 0.25) is 0 Å². The van der Waals surface area contributed by atoms with Crippen LogP contribution in [0.3, 0.4) is 0 Å². The Balaban J connectivity index is 1.70. The molecular weight excluding hydrogens is 400 g/mol. The minimum atomic E-state index is -0.393. The molecule has 162 valence electrons. The minimum Gasteiger partial charge on any atom is -0.493 e. The van der Waals surface area contributed by atoms with Crippen molar-refractivity contribution in [1.29, 1.82) is 0 Å². The SMILES string of the molecule is COC(=O)c1ccc2[nH]c3c(c2c1)CN(C(=O)c1ccc(OC)c(OC)c1OC)CC3. The summed E-state index contributed by atoms with van der Waals surface area (Å²) < 4.78 is 21.1. The summed E-state index contributed by atoms with van der Waals surface area (Å²) >= 11 is 0. The molecule has 31 heavy (non-hydrogen) atoms. The van der Waals surface area contributed by atoms with Crippen molar-refractivity contribution in [3.05, 3.63) is 52.7 Å². The van der Waals surface area contributed by atoms with Crippen LogP contribution in [-0.4, -0.2) is 56.7 Å². The summed E-state index contributed by atoms with van der Waals surface area (Å²) in [6, 6.07) is 8.78. The molecule has 0 fully saturated rings. The first-order valence-electron chi connectivity index (χ1n) is 9.82. The number of amides is 1. The Bertz CT molecular complexity index is 1170. The Morgan fingerprint density at radius 1 is 0.968 bits per heavy atom. The van der Waals surface area contributed by atoms with Crippen LogP contribution in [0.15, 0.2) is 30.3 Å². The monoisotopic (exact) mass is 424 g/mol. The van der Waals surface area contributed by atoms with Gasteiger partial charge in [-0.3, -0.25) is 4.79 Å². The molecule has 0 atom stereocenters. The lowest BCUT2D eigenvalue weighted by molar-refractivity contribution is 0.0600. The lowest BCUT2D eigenvalue weighted by Crippen LogP contribution is -2.36. The highest BCUT2D eigenvalue weighted by Gasteiger charge is 2.29. The van der Waals surface area contributed by atoms with Gasteiger partial charge in [0, 0.05) is 41.7 Å². The van der Waals surface area contributed by atoms with E-state index in [0.717, 1.165) is 22.2 Å². The molecule has 0 saturated heterocycles. The summed E-state index contributed by atoms with van der Waals surface area (Å²) in [6.45, 7) is 0.969. The van der Waals surface area contributed by atoms with Crippen LogP contribution in [0.25, 0.3) is 10.9 Å². The quantitative estimate of drug-likeness (QED) is 0.633. The fourth-order valence-corrected chi connectivity index (χ4v) is 4.07. The number of carbonyl (C=O) groups is 2. The number of esters is 1. The van der Waals surface area contributed by atoms with E-state index in [4.69, 9.17) is 18.9 Å². The summed E-state index contributed by atoms with van der Waals surface area (Å²) in [7, 11) is 5.89. The molecule has 0 unspecified atom stereocenters. The number of benzene rings is 2. The number of hydrogen-bond acceptors (Lipinski definition) is 6. The third-order valence-corrected chi connectivity index (χ3v) is 5.62. The summed E-state index contributed by atoms with van der Waals surface area (Å²) in [6.07, 6.45) is 0.679. The largest absolute Gasteiger partial charge is 0.493 e. The molecule has 0 bridgehead atoms. The molecule has 0 radical (unpaired) electrons. The van der Waals surface area contributed by atoms with Gasteiger partial charge in [-0.25, -0.2) is 4.79 Å². The van der Waals surface area contributed by atoms with E-state index >= 15 is 0 Å². The molecule has 1 aliphatic heterocycles.